The maximum atomic E-state index is 5.26. The fraction of sp³-hybridized carbons (Fsp3) is 1.00. The molecular weight excluding hydrogens is 252 g/mol. The highest BCUT2D eigenvalue weighted by atomic mass is 16.7. The second-order valence-electron chi connectivity index (χ2n) is 4.76. The van der Waals surface area contributed by atoms with Gasteiger partial charge < -0.3 is 28.4 Å². The lowest BCUT2D eigenvalue weighted by molar-refractivity contribution is -0.129. The van der Waals surface area contributed by atoms with E-state index in [0.717, 1.165) is 33.0 Å². The van der Waals surface area contributed by atoms with Crippen molar-refractivity contribution in [3.63, 3.8) is 0 Å². The Morgan fingerprint density at radius 1 is 0.895 bits per heavy atom. The van der Waals surface area contributed by atoms with Gasteiger partial charge in [0.1, 0.15) is 18.3 Å². The van der Waals surface area contributed by atoms with Crippen LogP contribution in [0.15, 0.2) is 0 Å². The highest BCUT2D eigenvalue weighted by molar-refractivity contribution is 4.71. The van der Waals surface area contributed by atoms with Gasteiger partial charge in [-0.3, -0.25) is 0 Å². The molecule has 0 aromatic heterocycles. The predicted octanol–water partition coefficient (Wildman–Crippen LogP) is 0.585. The summed E-state index contributed by atoms with van der Waals surface area (Å²) in [6, 6.07) is 0. The summed E-state index contributed by atoms with van der Waals surface area (Å²) in [5, 5.41) is 0. The van der Waals surface area contributed by atoms with E-state index < -0.39 is 0 Å². The van der Waals surface area contributed by atoms with Crippen LogP contribution in [0.1, 0.15) is 13.8 Å². The second-order valence-corrected chi connectivity index (χ2v) is 4.76. The van der Waals surface area contributed by atoms with Crippen LogP contribution >= 0.6 is 0 Å². The Labute approximate surface area is 114 Å². The normalized spacial score (nSPS) is 32.2. The van der Waals surface area contributed by atoms with E-state index in [2.05, 4.69) is 0 Å². The van der Waals surface area contributed by atoms with Gasteiger partial charge in [0.15, 0.2) is 6.29 Å². The van der Waals surface area contributed by atoms with Crippen LogP contribution in [0.5, 0.6) is 0 Å². The van der Waals surface area contributed by atoms with Crippen LogP contribution in [0.3, 0.4) is 0 Å². The third kappa shape index (κ3) is 8.52. The zero-order valence-electron chi connectivity index (χ0n) is 11.7. The molecule has 6 heteroatoms. The molecule has 112 valence electrons. The number of rotatable bonds is 9. The number of ether oxygens (including phenoxy) is 6. The van der Waals surface area contributed by atoms with Crippen molar-refractivity contribution >= 4 is 0 Å². The van der Waals surface area contributed by atoms with Crippen molar-refractivity contribution in [1.82, 2.24) is 0 Å². The van der Waals surface area contributed by atoms with Gasteiger partial charge in [-0.1, -0.05) is 0 Å². The molecule has 3 rings (SSSR count). The molecule has 0 aromatic rings. The van der Waals surface area contributed by atoms with Crippen LogP contribution in [0.2, 0.25) is 0 Å². The minimum absolute atomic E-state index is 0.0887. The minimum Gasteiger partial charge on any atom is -0.376 e. The minimum atomic E-state index is -0.0887. The van der Waals surface area contributed by atoms with E-state index in [0.29, 0.717) is 31.5 Å². The van der Waals surface area contributed by atoms with Crippen molar-refractivity contribution < 1.29 is 28.4 Å². The molecular formula is C13H24O6. The predicted molar refractivity (Wildman–Crippen MR) is 67.1 cm³/mol. The SMILES string of the molecule is C(OCC1CO1)C1CO1.CCOC(C)OCC1CO1. The van der Waals surface area contributed by atoms with Crippen molar-refractivity contribution in [2.45, 2.75) is 38.4 Å². The molecule has 0 N–H and O–H groups in total. The average Bonchev–Trinajstić information content (AvgIpc) is 3.27. The van der Waals surface area contributed by atoms with Crippen LogP contribution in [0, 0.1) is 0 Å². The second kappa shape index (κ2) is 8.14. The van der Waals surface area contributed by atoms with Crippen molar-refractivity contribution in [2.75, 3.05) is 46.2 Å². The molecule has 3 heterocycles. The van der Waals surface area contributed by atoms with Gasteiger partial charge in [-0.25, -0.2) is 0 Å². The lowest BCUT2D eigenvalue weighted by Crippen LogP contribution is -2.15. The largest absolute Gasteiger partial charge is 0.376 e. The molecule has 4 unspecified atom stereocenters. The van der Waals surface area contributed by atoms with Crippen molar-refractivity contribution in [2.24, 2.45) is 0 Å². The van der Waals surface area contributed by atoms with Crippen LogP contribution < -0.4 is 0 Å². The van der Waals surface area contributed by atoms with Crippen molar-refractivity contribution in [1.29, 1.82) is 0 Å². The first-order valence-electron chi connectivity index (χ1n) is 6.93. The molecule has 0 bridgehead atoms. The summed E-state index contributed by atoms with van der Waals surface area (Å²) in [6.45, 7) is 9.32. The average molecular weight is 276 g/mol. The number of epoxide rings is 3. The quantitative estimate of drug-likeness (QED) is 0.453. The Kier molecular flexibility index (Phi) is 6.49. The summed E-state index contributed by atoms with van der Waals surface area (Å²) in [4.78, 5) is 0. The summed E-state index contributed by atoms with van der Waals surface area (Å²) in [6.07, 6.45) is 1.03. The van der Waals surface area contributed by atoms with E-state index in [1.165, 1.54) is 0 Å². The Morgan fingerprint density at radius 2 is 1.37 bits per heavy atom. The maximum Gasteiger partial charge on any atom is 0.154 e. The molecule has 4 atom stereocenters. The molecule has 0 spiro atoms. The Bertz CT molecular complexity index is 225. The van der Waals surface area contributed by atoms with Gasteiger partial charge in [-0.15, -0.1) is 0 Å². The van der Waals surface area contributed by atoms with Crippen LogP contribution in [0.25, 0.3) is 0 Å². The summed E-state index contributed by atoms with van der Waals surface area (Å²) in [5.74, 6) is 0. The van der Waals surface area contributed by atoms with E-state index in [9.17, 15) is 0 Å². The monoisotopic (exact) mass is 276 g/mol. The van der Waals surface area contributed by atoms with Gasteiger partial charge in [0.25, 0.3) is 0 Å². The van der Waals surface area contributed by atoms with E-state index >= 15 is 0 Å². The molecule has 0 amide bonds. The molecule has 0 aromatic carbocycles. The standard InChI is InChI=1S/C7H14O3.C6H10O3/c1-3-8-6(2)9-4-7-5-10-7;1(5-3-8-5)7-2-6-4-9-6/h6-7H,3-5H2,1-2H3;5-6H,1-4H2. The topological polar surface area (TPSA) is 65.3 Å². The van der Waals surface area contributed by atoms with Gasteiger partial charge >= 0.3 is 0 Å². The summed E-state index contributed by atoms with van der Waals surface area (Å²) >= 11 is 0. The molecule has 3 aliphatic heterocycles. The van der Waals surface area contributed by atoms with Crippen molar-refractivity contribution in [3.8, 4) is 0 Å². The first-order chi connectivity index (χ1) is 9.28. The highest BCUT2D eigenvalue weighted by Gasteiger charge is 2.26. The zero-order chi connectivity index (χ0) is 13.5. The van der Waals surface area contributed by atoms with Gasteiger partial charge in [-0.2, -0.15) is 0 Å². The van der Waals surface area contributed by atoms with Gasteiger partial charge in [0.2, 0.25) is 0 Å². The molecule has 0 saturated carbocycles. The first kappa shape index (κ1) is 15.2. The van der Waals surface area contributed by atoms with E-state index in [4.69, 9.17) is 28.4 Å². The highest BCUT2D eigenvalue weighted by Crippen LogP contribution is 2.12. The molecule has 0 radical (unpaired) electrons. The smallest absolute Gasteiger partial charge is 0.154 e. The van der Waals surface area contributed by atoms with Crippen LogP contribution in [0.4, 0.5) is 0 Å². The molecule has 6 nitrogen and oxygen atoms in total. The van der Waals surface area contributed by atoms with E-state index in [1.807, 2.05) is 13.8 Å². The van der Waals surface area contributed by atoms with Gasteiger partial charge in [0, 0.05) is 6.61 Å². The third-order valence-corrected chi connectivity index (χ3v) is 2.73. The van der Waals surface area contributed by atoms with Gasteiger partial charge in [-0.05, 0) is 13.8 Å². The first-order valence-corrected chi connectivity index (χ1v) is 6.93. The van der Waals surface area contributed by atoms with E-state index in [-0.39, 0.29) is 6.29 Å². The summed E-state index contributed by atoms with van der Waals surface area (Å²) < 4.78 is 30.5. The maximum absolute atomic E-state index is 5.26. The molecule has 0 aliphatic carbocycles. The number of hydrogen-bond acceptors (Lipinski definition) is 6. The molecule has 19 heavy (non-hydrogen) atoms. The zero-order valence-corrected chi connectivity index (χ0v) is 11.7. The summed E-state index contributed by atoms with van der Waals surface area (Å²) in [7, 11) is 0. The van der Waals surface area contributed by atoms with Crippen LogP contribution in [-0.4, -0.2) is 70.9 Å². The summed E-state index contributed by atoms with van der Waals surface area (Å²) in [5.41, 5.74) is 0. The third-order valence-electron chi connectivity index (χ3n) is 2.73. The molecule has 3 aliphatic rings. The van der Waals surface area contributed by atoms with Crippen LogP contribution in [-0.2, 0) is 28.4 Å². The number of hydrogen-bond donors (Lipinski definition) is 0. The van der Waals surface area contributed by atoms with E-state index in [1.54, 1.807) is 0 Å². The van der Waals surface area contributed by atoms with Gasteiger partial charge in [0.05, 0.1) is 39.6 Å². The lowest BCUT2D eigenvalue weighted by atomic mass is 10.5. The Hall–Kier alpha value is -0.240. The fourth-order valence-corrected chi connectivity index (χ4v) is 1.35. The Balaban J connectivity index is 0.000000141. The van der Waals surface area contributed by atoms with Crippen molar-refractivity contribution in [3.05, 3.63) is 0 Å². The molecule has 3 fully saturated rings. The fourth-order valence-electron chi connectivity index (χ4n) is 1.35. The Morgan fingerprint density at radius 3 is 1.79 bits per heavy atom. The lowest BCUT2D eigenvalue weighted by Gasteiger charge is -2.10. The molecule has 3 saturated heterocycles.